The topological polar surface area (TPSA) is 78.1 Å². The second-order valence-corrected chi connectivity index (χ2v) is 9.28. The number of fused-ring (bicyclic) bond motifs is 1. The maximum atomic E-state index is 12.8. The van der Waals surface area contributed by atoms with Gasteiger partial charge in [-0.1, -0.05) is 19.3 Å². The molecular formula is C23H30N4O2. The number of carbonyl (C=O) groups is 2. The van der Waals surface area contributed by atoms with Gasteiger partial charge in [-0.2, -0.15) is 0 Å². The molecule has 2 aromatic heterocycles. The standard InChI is InChI=1S/C23H30N4O2/c28-21(20-12-17-14-24-9-6-19(17)26-20)25-15-18-13-23(18)7-10-27(11-8-23)22(29)16-4-2-1-3-5-16/h6,9,12,14,16,18,26H,1-5,7-8,10-11,13,15H2,(H,25,28). The first kappa shape index (κ1) is 18.6. The highest BCUT2D eigenvalue weighted by molar-refractivity contribution is 5.97. The van der Waals surface area contributed by atoms with Gasteiger partial charge in [0, 0.05) is 48.8 Å². The summed E-state index contributed by atoms with van der Waals surface area (Å²) in [6.45, 7) is 2.52. The number of nitrogens with zero attached hydrogens (tertiary/aromatic N) is 2. The quantitative estimate of drug-likeness (QED) is 0.833. The largest absolute Gasteiger partial charge is 0.350 e. The Morgan fingerprint density at radius 2 is 2.00 bits per heavy atom. The first-order chi connectivity index (χ1) is 14.1. The molecule has 3 fully saturated rings. The Morgan fingerprint density at radius 3 is 2.76 bits per heavy atom. The number of amides is 2. The van der Waals surface area contributed by atoms with Crippen molar-refractivity contribution in [1.82, 2.24) is 20.2 Å². The molecule has 29 heavy (non-hydrogen) atoms. The van der Waals surface area contributed by atoms with Crippen molar-refractivity contribution < 1.29 is 9.59 Å². The number of hydrogen-bond acceptors (Lipinski definition) is 3. The van der Waals surface area contributed by atoms with Crippen LogP contribution < -0.4 is 5.32 Å². The van der Waals surface area contributed by atoms with Crippen LogP contribution in [-0.4, -0.2) is 46.3 Å². The number of carbonyl (C=O) groups excluding carboxylic acids is 2. The zero-order valence-corrected chi connectivity index (χ0v) is 17.0. The Bertz CT molecular complexity index is 873. The number of aromatic amines is 1. The average molecular weight is 395 g/mol. The first-order valence-corrected chi connectivity index (χ1v) is 11.1. The van der Waals surface area contributed by atoms with Gasteiger partial charge in [0.2, 0.25) is 5.91 Å². The number of hydrogen-bond donors (Lipinski definition) is 2. The van der Waals surface area contributed by atoms with Crippen molar-refractivity contribution in [2.45, 2.75) is 51.4 Å². The predicted octanol–water partition coefficient (Wildman–Crippen LogP) is 3.50. The lowest BCUT2D eigenvalue weighted by molar-refractivity contribution is -0.138. The van der Waals surface area contributed by atoms with Gasteiger partial charge in [0.1, 0.15) is 5.69 Å². The van der Waals surface area contributed by atoms with Crippen LogP contribution in [0.2, 0.25) is 0 Å². The van der Waals surface area contributed by atoms with Crippen LogP contribution in [0.1, 0.15) is 61.9 Å². The van der Waals surface area contributed by atoms with Gasteiger partial charge in [0.25, 0.3) is 5.91 Å². The predicted molar refractivity (Wildman–Crippen MR) is 111 cm³/mol. The van der Waals surface area contributed by atoms with Gasteiger partial charge >= 0.3 is 0 Å². The highest BCUT2D eigenvalue weighted by atomic mass is 16.2. The zero-order valence-electron chi connectivity index (χ0n) is 17.0. The van der Waals surface area contributed by atoms with E-state index in [1.807, 2.05) is 12.1 Å². The Kier molecular flexibility index (Phi) is 4.80. The molecule has 1 unspecified atom stereocenters. The summed E-state index contributed by atoms with van der Waals surface area (Å²) in [5.74, 6) is 1.18. The lowest BCUT2D eigenvalue weighted by Gasteiger charge is -2.36. The summed E-state index contributed by atoms with van der Waals surface area (Å²) in [6.07, 6.45) is 12.7. The third-order valence-electron chi connectivity index (χ3n) is 7.56. The molecule has 2 aliphatic carbocycles. The van der Waals surface area contributed by atoms with Gasteiger partial charge in [0.15, 0.2) is 0 Å². The second-order valence-electron chi connectivity index (χ2n) is 9.28. The summed E-state index contributed by atoms with van der Waals surface area (Å²) in [5.41, 5.74) is 1.87. The molecule has 2 aromatic rings. The molecular weight excluding hydrogens is 364 g/mol. The Labute approximate surface area is 171 Å². The molecule has 1 spiro atoms. The summed E-state index contributed by atoms with van der Waals surface area (Å²) < 4.78 is 0. The molecule has 0 aromatic carbocycles. The number of H-pyrrole nitrogens is 1. The highest BCUT2D eigenvalue weighted by Gasteiger charge is 2.55. The van der Waals surface area contributed by atoms with Gasteiger partial charge in [-0.05, 0) is 55.6 Å². The third-order valence-corrected chi connectivity index (χ3v) is 7.56. The summed E-state index contributed by atoms with van der Waals surface area (Å²) >= 11 is 0. The third kappa shape index (κ3) is 3.65. The van der Waals surface area contributed by atoms with E-state index in [0.29, 0.717) is 22.9 Å². The van der Waals surface area contributed by atoms with Crippen LogP contribution in [0.5, 0.6) is 0 Å². The molecule has 1 aliphatic heterocycles. The maximum absolute atomic E-state index is 12.8. The van der Waals surface area contributed by atoms with E-state index in [0.717, 1.165) is 56.2 Å². The minimum absolute atomic E-state index is 0.0480. The fraction of sp³-hybridized carbons (Fsp3) is 0.609. The van der Waals surface area contributed by atoms with Crippen LogP contribution in [0.3, 0.4) is 0 Å². The van der Waals surface area contributed by atoms with Gasteiger partial charge < -0.3 is 15.2 Å². The van der Waals surface area contributed by atoms with Crippen molar-refractivity contribution in [2.75, 3.05) is 19.6 Å². The van der Waals surface area contributed by atoms with E-state index < -0.39 is 0 Å². The SMILES string of the molecule is O=C(NCC1CC12CCN(C(=O)C1CCCCC1)CC2)c1cc2cnccc2[nH]1. The molecule has 3 aliphatic rings. The van der Waals surface area contributed by atoms with Crippen molar-refractivity contribution in [2.24, 2.45) is 17.3 Å². The van der Waals surface area contributed by atoms with E-state index in [4.69, 9.17) is 0 Å². The molecule has 2 saturated carbocycles. The normalized spacial score (nSPS) is 24.0. The van der Waals surface area contributed by atoms with E-state index >= 15 is 0 Å². The molecule has 1 atom stereocenters. The van der Waals surface area contributed by atoms with E-state index in [1.165, 1.54) is 25.7 Å². The van der Waals surface area contributed by atoms with Gasteiger partial charge in [-0.25, -0.2) is 0 Å². The van der Waals surface area contributed by atoms with Crippen molar-refractivity contribution in [3.05, 3.63) is 30.2 Å². The molecule has 2 N–H and O–H groups in total. The van der Waals surface area contributed by atoms with Crippen molar-refractivity contribution in [1.29, 1.82) is 0 Å². The van der Waals surface area contributed by atoms with E-state index in [2.05, 4.69) is 20.2 Å². The van der Waals surface area contributed by atoms with E-state index in [1.54, 1.807) is 12.4 Å². The minimum Gasteiger partial charge on any atom is -0.350 e. The van der Waals surface area contributed by atoms with Crippen LogP contribution in [0, 0.1) is 17.3 Å². The van der Waals surface area contributed by atoms with Crippen LogP contribution in [0.4, 0.5) is 0 Å². The average Bonchev–Trinajstić information content (AvgIpc) is 3.24. The van der Waals surface area contributed by atoms with Gasteiger partial charge in [0.05, 0.1) is 0 Å². The number of nitrogens with one attached hydrogen (secondary N) is 2. The first-order valence-electron chi connectivity index (χ1n) is 11.1. The fourth-order valence-electron chi connectivity index (χ4n) is 5.52. The van der Waals surface area contributed by atoms with Crippen LogP contribution in [0.15, 0.2) is 24.5 Å². The molecule has 0 bridgehead atoms. The van der Waals surface area contributed by atoms with Crippen molar-refractivity contribution in [3.63, 3.8) is 0 Å². The molecule has 1 saturated heterocycles. The van der Waals surface area contributed by atoms with Crippen molar-refractivity contribution in [3.8, 4) is 0 Å². The molecule has 6 nitrogen and oxygen atoms in total. The summed E-state index contributed by atoms with van der Waals surface area (Å²) in [4.78, 5) is 34.7. The van der Waals surface area contributed by atoms with Gasteiger partial charge in [-0.15, -0.1) is 0 Å². The second kappa shape index (κ2) is 7.47. The van der Waals surface area contributed by atoms with E-state index in [-0.39, 0.29) is 11.8 Å². The Hall–Kier alpha value is -2.37. The number of likely N-dealkylation sites (tertiary alicyclic amines) is 1. The van der Waals surface area contributed by atoms with Crippen LogP contribution in [0.25, 0.3) is 10.9 Å². The fourth-order valence-corrected chi connectivity index (χ4v) is 5.52. The summed E-state index contributed by atoms with van der Waals surface area (Å²) in [6, 6.07) is 3.74. The lowest BCUT2D eigenvalue weighted by atomic mass is 9.86. The molecule has 5 rings (SSSR count). The Morgan fingerprint density at radius 1 is 1.21 bits per heavy atom. The highest BCUT2D eigenvalue weighted by Crippen LogP contribution is 2.59. The maximum Gasteiger partial charge on any atom is 0.267 e. The van der Waals surface area contributed by atoms with E-state index in [9.17, 15) is 9.59 Å². The lowest BCUT2D eigenvalue weighted by Crippen LogP contribution is -2.43. The molecule has 0 radical (unpaired) electrons. The van der Waals surface area contributed by atoms with Crippen molar-refractivity contribution >= 4 is 22.7 Å². The molecule has 154 valence electrons. The number of piperidine rings is 1. The van der Waals surface area contributed by atoms with Crippen LogP contribution >= 0.6 is 0 Å². The number of rotatable bonds is 4. The Balaban J connectivity index is 1.11. The summed E-state index contributed by atoms with van der Waals surface area (Å²) in [5, 5.41) is 4.06. The summed E-state index contributed by atoms with van der Waals surface area (Å²) in [7, 11) is 0. The number of pyridine rings is 1. The molecule has 3 heterocycles. The van der Waals surface area contributed by atoms with Gasteiger partial charge in [-0.3, -0.25) is 14.6 Å². The number of aromatic nitrogens is 2. The zero-order chi connectivity index (χ0) is 19.8. The minimum atomic E-state index is -0.0480. The monoisotopic (exact) mass is 394 g/mol. The molecule has 2 amide bonds. The smallest absolute Gasteiger partial charge is 0.267 e. The molecule has 6 heteroatoms. The van der Waals surface area contributed by atoms with Crippen LogP contribution in [-0.2, 0) is 4.79 Å².